The smallest absolute Gasteiger partial charge is 0.261 e. The highest BCUT2D eigenvalue weighted by atomic mass is 35.5. The van der Waals surface area contributed by atoms with Gasteiger partial charge in [-0.1, -0.05) is 48.3 Å². The van der Waals surface area contributed by atoms with E-state index in [0.717, 1.165) is 17.5 Å². The number of ether oxygens (including phenoxy) is 1. The second-order valence-electron chi connectivity index (χ2n) is 7.81. The molecule has 0 spiro atoms. The Kier molecular flexibility index (Phi) is 9.20. The van der Waals surface area contributed by atoms with Crippen LogP contribution in [0.5, 0.6) is 5.75 Å². The van der Waals surface area contributed by atoms with Gasteiger partial charge >= 0.3 is 0 Å². The van der Waals surface area contributed by atoms with Crippen LogP contribution in [0.25, 0.3) is 0 Å². The van der Waals surface area contributed by atoms with Crippen LogP contribution in [0.15, 0.2) is 36.4 Å². The summed E-state index contributed by atoms with van der Waals surface area (Å²) in [6, 6.07) is 10.2. The van der Waals surface area contributed by atoms with Crippen molar-refractivity contribution in [3.05, 3.63) is 63.1 Å². The van der Waals surface area contributed by atoms with Gasteiger partial charge in [0.2, 0.25) is 5.91 Å². The van der Waals surface area contributed by atoms with E-state index >= 15 is 0 Å². The average molecular weight is 465 g/mol. The van der Waals surface area contributed by atoms with Crippen LogP contribution in [0.4, 0.5) is 0 Å². The molecule has 2 rings (SSSR count). The summed E-state index contributed by atoms with van der Waals surface area (Å²) in [5.74, 6) is 0.118. The lowest BCUT2D eigenvalue weighted by molar-refractivity contribution is -0.142. The molecule has 2 unspecified atom stereocenters. The normalized spacial score (nSPS) is 12.7. The van der Waals surface area contributed by atoms with E-state index < -0.39 is 6.04 Å². The predicted octanol–water partition coefficient (Wildman–Crippen LogP) is 5.32. The molecule has 0 aliphatic carbocycles. The first-order chi connectivity index (χ1) is 14.6. The molecule has 5 nitrogen and oxygen atoms in total. The number of nitrogens with zero attached hydrogens (tertiary/aromatic N) is 1. The third kappa shape index (κ3) is 7.15. The molecular weight excluding hydrogens is 435 g/mol. The summed E-state index contributed by atoms with van der Waals surface area (Å²) in [5.41, 5.74) is 2.68. The van der Waals surface area contributed by atoms with E-state index in [0.29, 0.717) is 21.4 Å². The molecule has 1 N–H and O–H groups in total. The van der Waals surface area contributed by atoms with Gasteiger partial charge in [0.1, 0.15) is 11.8 Å². The van der Waals surface area contributed by atoms with Gasteiger partial charge in [0.05, 0.1) is 0 Å². The van der Waals surface area contributed by atoms with E-state index in [1.54, 1.807) is 25.1 Å². The molecule has 0 saturated carbocycles. The molecule has 0 aliphatic heterocycles. The van der Waals surface area contributed by atoms with Gasteiger partial charge in [-0.05, 0) is 69.0 Å². The fourth-order valence-electron chi connectivity index (χ4n) is 2.97. The molecule has 168 valence electrons. The number of hydrogen-bond acceptors (Lipinski definition) is 3. The lowest BCUT2D eigenvalue weighted by atomic mass is 10.1. The monoisotopic (exact) mass is 464 g/mol. The van der Waals surface area contributed by atoms with Gasteiger partial charge in [-0.3, -0.25) is 9.59 Å². The minimum atomic E-state index is -0.699. The van der Waals surface area contributed by atoms with Crippen molar-refractivity contribution in [2.45, 2.75) is 59.7 Å². The number of hydrogen-bond donors (Lipinski definition) is 1. The Hall–Kier alpha value is -2.24. The van der Waals surface area contributed by atoms with Gasteiger partial charge in [0.25, 0.3) is 5.91 Å². The van der Waals surface area contributed by atoms with Gasteiger partial charge in [-0.2, -0.15) is 0 Å². The molecule has 2 atom stereocenters. The molecular formula is C24H30Cl2N2O3. The maximum Gasteiger partial charge on any atom is 0.261 e. The third-order valence-corrected chi connectivity index (χ3v) is 5.81. The number of benzene rings is 2. The second-order valence-corrected chi connectivity index (χ2v) is 8.65. The van der Waals surface area contributed by atoms with Crippen molar-refractivity contribution in [1.29, 1.82) is 0 Å². The Labute approximate surface area is 194 Å². The van der Waals surface area contributed by atoms with Crippen molar-refractivity contribution in [2.24, 2.45) is 0 Å². The number of amides is 2. The number of carbonyl (C=O) groups is 2. The number of carbonyl (C=O) groups excluding carboxylic acids is 2. The highest BCUT2D eigenvalue weighted by molar-refractivity contribution is 6.35. The van der Waals surface area contributed by atoms with Crippen LogP contribution in [0.3, 0.4) is 0 Å². The van der Waals surface area contributed by atoms with Crippen molar-refractivity contribution < 1.29 is 14.3 Å². The van der Waals surface area contributed by atoms with Gasteiger partial charge in [-0.15, -0.1) is 0 Å². The summed E-state index contributed by atoms with van der Waals surface area (Å²) in [5, 5.41) is 3.88. The highest BCUT2D eigenvalue weighted by Crippen LogP contribution is 2.24. The van der Waals surface area contributed by atoms with E-state index in [1.807, 2.05) is 45.9 Å². The Balaban J connectivity index is 2.23. The van der Waals surface area contributed by atoms with E-state index in [1.165, 1.54) is 4.90 Å². The first kappa shape index (κ1) is 25.0. The summed E-state index contributed by atoms with van der Waals surface area (Å²) in [6.07, 6.45) is 0.797. The van der Waals surface area contributed by atoms with Crippen LogP contribution in [0.2, 0.25) is 10.0 Å². The fourth-order valence-corrected chi connectivity index (χ4v) is 3.44. The van der Waals surface area contributed by atoms with Crippen LogP contribution >= 0.6 is 23.2 Å². The maximum atomic E-state index is 13.1. The zero-order valence-electron chi connectivity index (χ0n) is 18.7. The summed E-state index contributed by atoms with van der Waals surface area (Å²) in [6.45, 7) is 9.49. The summed E-state index contributed by atoms with van der Waals surface area (Å²) in [7, 11) is 0. The molecule has 2 aromatic carbocycles. The molecule has 0 radical (unpaired) electrons. The second kappa shape index (κ2) is 11.4. The van der Waals surface area contributed by atoms with Crippen LogP contribution in [0, 0.1) is 13.8 Å². The molecule has 31 heavy (non-hydrogen) atoms. The quantitative estimate of drug-likeness (QED) is 0.545. The van der Waals surface area contributed by atoms with E-state index in [-0.39, 0.29) is 31.0 Å². The van der Waals surface area contributed by atoms with Crippen LogP contribution < -0.4 is 10.1 Å². The minimum absolute atomic E-state index is 0.0113. The summed E-state index contributed by atoms with van der Waals surface area (Å²) >= 11 is 12.3. The molecule has 0 saturated heterocycles. The molecule has 0 aliphatic rings. The highest BCUT2D eigenvalue weighted by Gasteiger charge is 2.27. The van der Waals surface area contributed by atoms with E-state index in [2.05, 4.69) is 5.32 Å². The van der Waals surface area contributed by atoms with E-state index in [4.69, 9.17) is 27.9 Å². The molecule has 2 aromatic rings. The van der Waals surface area contributed by atoms with Crippen molar-refractivity contribution in [1.82, 2.24) is 10.2 Å². The largest absolute Gasteiger partial charge is 0.483 e. The Morgan fingerprint density at radius 1 is 1.10 bits per heavy atom. The van der Waals surface area contributed by atoms with Crippen LogP contribution in [0.1, 0.15) is 43.9 Å². The molecule has 0 heterocycles. The molecule has 0 aromatic heterocycles. The number of nitrogens with one attached hydrogen (secondary N) is 1. The lowest BCUT2D eigenvalue weighted by Gasteiger charge is -2.30. The van der Waals surface area contributed by atoms with Crippen molar-refractivity contribution >= 4 is 35.0 Å². The van der Waals surface area contributed by atoms with Gasteiger partial charge < -0.3 is 15.0 Å². The Morgan fingerprint density at radius 3 is 2.45 bits per heavy atom. The lowest BCUT2D eigenvalue weighted by Crippen LogP contribution is -2.50. The van der Waals surface area contributed by atoms with Crippen molar-refractivity contribution in [3.63, 3.8) is 0 Å². The summed E-state index contributed by atoms with van der Waals surface area (Å²) < 4.78 is 5.80. The number of rotatable bonds is 9. The molecule has 2 amide bonds. The van der Waals surface area contributed by atoms with Crippen molar-refractivity contribution in [2.75, 3.05) is 6.61 Å². The van der Waals surface area contributed by atoms with Crippen molar-refractivity contribution in [3.8, 4) is 5.75 Å². The van der Waals surface area contributed by atoms with E-state index in [9.17, 15) is 9.59 Å². The number of aryl methyl sites for hydroxylation is 2. The zero-order chi connectivity index (χ0) is 23.1. The predicted molar refractivity (Wildman–Crippen MR) is 126 cm³/mol. The molecule has 0 bridgehead atoms. The Bertz CT molecular complexity index is 933. The number of halogens is 2. The Morgan fingerprint density at radius 2 is 1.81 bits per heavy atom. The first-order valence-corrected chi connectivity index (χ1v) is 11.1. The first-order valence-electron chi connectivity index (χ1n) is 10.4. The van der Waals surface area contributed by atoms with Gasteiger partial charge in [0.15, 0.2) is 6.61 Å². The average Bonchev–Trinajstić information content (AvgIpc) is 2.73. The van der Waals surface area contributed by atoms with Gasteiger partial charge in [0, 0.05) is 22.6 Å². The minimum Gasteiger partial charge on any atom is -0.483 e. The molecule has 7 heteroatoms. The topological polar surface area (TPSA) is 58.6 Å². The maximum absolute atomic E-state index is 13.1. The molecule has 0 fully saturated rings. The van der Waals surface area contributed by atoms with Crippen LogP contribution in [-0.2, 0) is 16.1 Å². The third-order valence-electron chi connectivity index (χ3n) is 5.22. The summed E-state index contributed by atoms with van der Waals surface area (Å²) in [4.78, 5) is 27.4. The standard InChI is InChI=1S/C24H30Cl2N2O3/c1-6-17(4)27-24(30)18(5)28(13-19-9-10-20(25)12-21(19)26)23(29)14-31-22-11-15(2)7-8-16(22)3/h7-12,17-18H,6,13-14H2,1-5H3,(H,27,30). The SMILES string of the molecule is CCC(C)NC(=O)C(C)N(Cc1ccc(Cl)cc1Cl)C(=O)COc1cc(C)ccc1C. The fraction of sp³-hybridized carbons (Fsp3) is 0.417. The zero-order valence-corrected chi connectivity index (χ0v) is 20.2. The van der Waals surface area contributed by atoms with Crippen LogP contribution in [-0.4, -0.2) is 35.4 Å². The van der Waals surface area contributed by atoms with Gasteiger partial charge in [-0.25, -0.2) is 0 Å².